The summed E-state index contributed by atoms with van der Waals surface area (Å²) in [4.78, 5) is 18.4. The van der Waals surface area contributed by atoms with Crippen LogP contribution in [0.5, 0.6) is 0 Å². The number of rotatable bonds is 4. The van der Waals surface area contributed by atoms with E-state index in [0.29, 0.717) is 15.8 Å². The predicted molar refractivity (Wildman–Crippen MR) is 135 cm³/mol. The largest absolute Gasteiger partial charge is 0.395 e. The van der Waals surface area contributed by atoms with Crippen LogP contribution in [0.2, 0.25) is 0 Å². The van der Waals surface area contributed by atoms with Crippen molar-refractivity contribution in [1.82, 2.24) is 0 Å². The molecule has 2 aliphatic rings. The van der Waals surface area contributed by atoms with Gasteiger partial charge in [0.15, 0.2) is 4.32 Å². The molecule has 5 rings (SSSR count). The molecule has 0 spiro atoms. The van der Waals surface area contributed by atoms with Gasteiger partial charge in [-0.05, 0) is 41.1 Å². The van der Waals surface area contributed by atoms with E-state index in [1.54, 1.807) is 16.7 Å². The topological polar surface area (TPSA) is 43.8 Å². The minimum Gasteiger partial charge on any atom is -0.395 e. The van der Waals surface area contributed by atoms with Crippen molar-refractivity contribution < 1.29 is 9.90 Å². The van der Waals surface area contributed by atoms with E-state index in [1.165, 1.54) is 27.4 Å². The van der Waals surface area contributed by atoms with Crippen LogP contribution in [0.15, 0.2) is 93.7 Å². The fraction of sp³-hybridized carbons (Fsp3) is 0.0833. The smallest absolute Gasteiger partial charge is 0.270 e. The standard InChI is InChI=1S/C24H18N2O2S3/c27-15-14-25-19-11-10-16-6-4-5-9-18(16)22(19)31-21(25)13-12-20-23(28)26(24(29)30-20)17-7-2-1-3-8-17/h1-13,27H,14-15H2/b20-12+,21-13-. The van der Waals surface area contributed by atoms with Crippen molar-refractivity contribution >= 4 is 68.1 Å². The molecule has 0 atom stereocenters. The highest BCUT2D eigenvalue weighted by Crippen LogP contribution is 2.49. The van der Waals surface area contributed by atoms with Crippen LogP contribution < -0.4 is 9.80 Å². The highest BCUT2D eigenvalue weighted by atomic mass is 32.2. The number of para-hydroxylation sites is 1. The number of hydrogen-bond acceptors (Lipinski definition) is 6. The number of β-amino-alcohol motifs (C(OH)–C–C–N with tert-alkyl or cyclic N) is 1. The molecule has 3 aromatic rings. The Morgan fingerprint density at radius 2 is 1.71 bits per heavy atom. The maximum Gasteiger partial charge on any atom is 0.270 e. The van der Waals surface area contributed by atoms with E-state index in [9.17, 15) is 9.90 Å². The molecule has 0 radical (unpaired) electrons. The molecule has 0 aliphatic carbocycles. The lowest BCUT2D eigenvalue weighted by Crippen LogP contribution is -2.27. The number of carbonyl (C=O) groups excluding carboxylic acids is 1. The molecule has 1 amide bonds. The van der Waals surface area contributed by atoms with Crippen molar-refractivity contribution in [2.75, 3.05) is 23.0 Å². The predicted octanol–water partition coefficient (Wildman–Crippen LogP) is 5.53. The van der Waals surface area contributed by atoms with Crippen molar-refractivity contribution in [2.24, 2.45) is 0 Å². The van der Waals surface area contributed by atoms with Crippen molar-refractivity contribution in [1.29, 1.82) is 0 Å². The highest BCUT2D eigenvalue weighted by Gasteiger charge is 2.33. The Hall–Kier alpha value is -2.58. The van der Waals surface area contributed by atoms with Gasteiger partial charge in [0.05, 0.1) is 27.9 Å². The van der Waals surface area contributed by atoms with Gasteiger partial charge in [0, 0.05) is 11.4 Å². The van der Waals surface area contributed by atoms with E-state index in [0.717, 1.165) is 16.4 Å². The highest BCUT2D eigenvalue weighted by molar-refractivity contribution is 8.27. The van der Waals surface area contributed by atoms with Gasteiger partial charge in [0.2, 0.25) is 0 Å². The van der Waals surface area contributed by atoms with Gasteiger partial charge >= 0.3 is 0 Å². The number of fused-ring (bicyclic) bond motifs is 3. The monoisotopic (exact) mass is 462 g/mol. The summed E-state index contributed by atoms with van der Waals surface area (Å²) < 4.78 is 0.529. The Morgan fingerprint density at radius 1 is 0.935 bits per heavy atom. The Bertz CT molecular complexity index is 1250. The lowest BCUT2D eigenvalue weighted by Gasteiger charge is -2.19. The van der Waals surface area contributed by atoms with Gasteiger partial charge in [-0.1, -0.05) is 84.3 Å². The average molecular weight is 463 g/mol. The Kier molecular flexibility index (Phi) is 5.58. The van der Waals surface area contributed by atoms with Crippen LogP contribution in [0, 0.1) is 0 Å². The van der Waals surface area contributed by atoms with Crippen LogP contribution in [-0.2, 0) is 4.79 Å². The third kappa shape index (κ3) is 3.68. The van der Waals surface area contributed by atoms with Crippen LogP contribution in [0.3, 0.4) is 0 Å². The first-order chi connectivity index (χ1) is 15.2. The molecule has 31 heavy (non-hydrogen) atoms. The number of hydrogen-bond donors (Lipinski definition) is 1. The van der Waals surface area contributed by atoms with Crippen LogP contribution in [0.1, 0.15) is 0 Å². The first kappa shape index (κ1) is 20.3. The minimum absolute atomic E-state index is 0.0420. The molecule has 1 N–H and O–H groups in total. The van der Waals surface area contributed by atoms with E-state index in [2.05, 4.69) is 29.2 Å². The molecular weight excluding hydrogens is 444 g/mol. The number of anilines is 2. The van der Waals surface area contributed by atoms with Crippen molar-refractivity contribution in [2.45, 2.75) is 4.90 Å². The van der Waals surface area contributed by atoms with E-state index < -0.39 is 0 Å². The summed E-state index contributed by atoms with van der Waals surface area (Å²) in [6.07, 6.45) is 3.79. The molecule has 154 valence electrons. The first-order valence-electron chi connectivity index (χ1n) is 9.78. The molecule has 4 nitrogen and oxygen atoms in total. The third-order valence-corrected chi connectivity index (χ3v) is 7.65. The fourth-order valence-corrected chi connectivity index (χ4v) is 6.18. The zero-order valence-corrected chi connectivity index (χ0v) is 18.8. The van der Waals surface area contributed by atoms with E-state index in [4.69, 9.17) is 12.2 Å². The normalized spacial score (nSPS) is 18.6. The number of thioether (sulfide) groups is 2. The summed E-state index contributed by atoms with van der Waals surface area (Å²) >= 11 is 8.43. The number of nitrogens with zero attached hydrogens (tertiary/aromatic N) is 2. The molecule has 3 aromatic carbocycles. The van der Waals surface area contributed by atoms with Gasteiger partial charge in [-0.25, -0.2) is 0 Å². The molecule has 0 saturated carbocycles. The van der Waals surface area contributed by atoms with Gasteiger partial charge in [-0.3, -0.25) is 9.69 Å². The molecule has 2 heterocycles. The quantitative estimate of drug-likeness (QED) is 0.406. The Morgan fingerprint density at radius 3 is 2.52 bits per heavy atom. The van der Waals surface area contributed by atoms with Crippen molar-refractivity contribution in [3.63, 3.8) is 0 Å². The third-order valence-electron chi connectivity index (χ3n) is 5.13. The molecule has 0 aromatic heterocycles. The molecule has 0 unspecified atom stereocenters. The first-order valence-corrected chi connectivity index (χ1v) is 11.8. The average Bonchev–Trinajstić information content (AvgIpc) is 3.29. The molecule has 2 aliphatic heterocycles. The van der Waals surface area contributed by atoms with Gasteiger partial charge in [0.1, 0.15) is 0 Å². The number of amides is 1. The minimum atomic E-state index is -0.113. The van der Waals surface area contributed by atoms with Crippen LogP contribution in [0.25, 0.3) is 10.8 Å². The number of aliphatic hydroxyl groups excluding tert-OH is 1. The summed E-state index contributed by atoms with van der Waals surface area (Å²) in [6.45, 7) is 0.531. The van der Waals surface area contributed by atoms with E-state index >= 15 is 0 Å². The molecule has 7 heteroatoms. The number of carbonyl (C=O) groups is 1. The fourth-order valence-electron chi connectivity index (χ4n) is 3.71. The van der Waals surface area contributed by atoms with E-state index in [1.807, 2.05) is 54.6 Å². The second kappa shape index (κ2) is 8.51. The Balaban J connectivity index is 1.49. The number of allylic oxidation sites excluding steroid dienone is 2. The molecule has 1 saturated heterocycles. The lowest BCUT2D eigenvalue weighted by atomic mass is 10.1. The summed E-state index contributed by atoms with van der Waals surface area (Å²) in [5, 5.41) is 13.0. The number of aliphatic hydroxyl groups is 1. The second-order valence-corrected chi connectivity index (χ2v) is 9.70. The number of thiocarbonyl (C=S) groups is 1. The van der Waals surface area contributed by atoms with Gasteiger partial charge in [-0.15, -0.1) is 0 Å². The van der Waals surface area contributed by atoms with E-state index in [-0.39, 0.29) is 12.5 Å². The van der Waals surface area contributed by atoms with Gasteiger partial charge < -0.3 is 10.0 Å². The second-order valence-electron chi connectivity index (χ2n) is 6.99. The van der Waals surface area contributed by atoms with Gasteiger partial charge in [0.25, 0.3) is 5.91 Å². The summed E-state index contributed by atoms with van der Waals surface area (Å²) in [5.41, 5.74) is 1.85. The van der Waals surface area contributed by atoms with Crippen molar-refractivity contribution in [3.8, 4) is 0 Å². The van der Waals surface area contributed by atoms with Crippen molar-refractivity contribution in [3.05, 3.63) is 88.8 Å². The Labute approximate surface area is 194 Å². The lowest BCUT2D eigenvalue weighted by molar-refractivity contribution is -0.113. The van der Waals surface area contributed by atoms with Crippen LogP contribution in [0.4, 0.5) is 11.4 Å². The maximum absolute atomic E-state index is 13.0. The summed E-state index contributed by atoms with van der Waals surface area (Å²) in [6, 6.07) is 21.9. The number of benzene rings is 3. The maximum atomic E-state index is 13.0. The van der Waals surface area contributed by atoms with Crippen LogP contribution >= 0.6 is 35.7 Å². The zero-order valence-electron chi connectivity index (χ0n) is 16.4. The zero-order chi connectivity index (χ0) is 21.4. The summed E-state index contributed by atoms with van der Waals surface area (Å²) in [7, 11) is 0. The molecule has 0 bridgehead atoms. The molecular formula is C24H18N2O2S3. The SMILES string of the molecule is O=C1/C(=C\C=C2/Sc3c(ccc4ccccc34)N2CCO)SC(=S)N1c1ccccc1. The molecule has 1 fully saturated rings. The van der Waals surface area contributed by atoms with Gasteiger partial charge in [-0.2, -0.15) is 0 Å². The summed E-state index contributed by atoms with van der Waals surface area (Å²) in [5.74, 6) is -0.113. The van der Waals surface area contributed by atoms with Crippen LogP contribution in [-0.4, -0.2) is 28.5 Å².